The molecule has 0 atom stereocenters. The third kappa shape index (κ3) is 6.63. The molecule has 2 heteroatoms. The highest BCUT2D eigenvalue weighted by Crippen LogP contribution is 2.24. The normalized spacial score (nSPS) is 12.5. The summed E-state index contributed by atoms with van der Waals surface area (Å²) in [6.07, 6.45) is 1.20. The molecule has 2 nitrogen and oxygen atoms in total. The first-order chi connectivity index (χ1) is 8.72. The Morgan fingerprint density at radius 1 is 1.11 bits per heavy atom. The summed E-state index contributed by atoms with van der Waals surface area (Å²) in [6, 6.07) is 8.41. The first-order valence-electron chi connectivity index (χ1n) is 7.28. The second-order valence-electron chi connectivity index (χ2n) is 7.21. The molecule has 1 aromatic carbocycles. The molecule has 0 saturated heterocycles. The molecule has 0 spiro atoms. The molecule has 19 heavy (non-hydrogen) atoms. The van der Waals surface area contributed by atoms with E-state index >= 15 is 0 Å². The van der Waals surface area contributed by atoms with Crippen molar-refractivity contribution in [3.8, 4) is 5.75 Å². The molecule has 0 amide bonds. The van der Waals surface area contributed by atoms with Gasteiger partial charge in [-0.1, -0.05) is 32.9 Å². The van der Waals surface area contributed by atoms with E-state index in [1.807, 2.05) is 13.0 Å². The van der Waals surface area contributed by atoms with Crippen molar-refractivity contribution in [1.29, 1.82) is 0 Å². The molecular weight excluding hydrogens is 234 g/mol. The number of hydrogen-bond acceptors (Lipinski definition) is 1. The van der Waals surface area contributed by atoms with Gasteiger partial charge in [0, 0.05) is 12.0 Å². The molecule has 2 N–H and O–H groups in total. The van der Waals surface area contributed by atoms with Gasteiger partial charge in [-0.3, -0.25) is 0 Å². The van der Waals surface area contributed by atoms with Gasteiger partial charge in [0.2, 0.25) is 0 Å². The summed E-state index contributed by atoms with van der Waals surface area (Å²) in [5.41, 5.74) is 1.96. The molecule has 0 aromatic heterocycles. The van der Waals surface area contributed by atoms with Crippen LogP contribution in [0.15, 0.2) is 24.3 Å². The van der Waals surface area contributed by atoms with Crippen LogP contribution >= 0.6 is 0 Å². The van der Waals surface area contributed by atoms with E-state index in [9.17, 15) is 0 Å². The van der Waals surface area contributed by atoms with Crippen molar-refractivity contribution < 1.29 is 10.1 Å². The van der Waals surface area contributed by atoms with Gasteiger partial charge < -0.3 is 10.1 Å². The van der Waals surface area contributed by atoms with Gasteiger partial charge in [0.25, 0.3) is 0 Å². The minimum atomic E-state index is 0.264. The van der Waals surface area contributed by atoms with Crippen LogP contribution in [-0.4, -0.2) is 12.1 Å². The molecule has 0 bridgehead atoms. The summed E-state index contributed by atoms with van der Waals surface area (Å²) >= 11 is 0. The summed E-state index contributed by atoms with van der Waals surface area (Å²) in [7, 11) is 0. The summed E-state index contributed by atoms with van der Waals surface area (Å²) in [5, 5.41) is 2.43. The van der Waals surface area contributed by atoms with Gasteiger partial charge in [0.05, 0.1) is 12.1 Å². The Hall–Kier alpha value is -1.02. The lowest BCUT2D eigenvalue weighted by atomic mass is 9.82. The highest BCUT2D eigenvalue weighted by atomic mass is 16.5. The van der Waals surface area contributed by atoms with Crippen LogP contribution in [0.25, 0.3) is 0 Å². The zero-order valence-corrected chi connectivity index (χ0v) is 13.4. The molecule has 1 aromatic rings. The number of quaternary nitrogens is 1. The van der Waals surface area contributed by atoms with Gasteiger partial charge in [-0.25, -0.2) is 0 Å². The third-order valence-electron chi connectivity index (χ3n) is 3.09. The molecular formula is C17H30NO+. The fourth-order valence-electron chi connectivity index (χ4n) is 2.76. The molecule has 0 radical (unpaired) electrons. The van der Waals surface area contributed by atoms with Crippen molar-refractivity contribution in [3.63, 3.8) is 0 Å². The molecule has 108 valence electrons. The van der Waals surface area contributed by atoms with E-state index in [1.54, 1.807) is 0 Å². The van der Waals surface area contributed by atoms with E-state index < -0.39 is 0 Å². The molecule has 1 rings (SSSR count). The van der Waals surface area contributed by atoms with Gasteiger partial charge in [0.15, 0.2) is 0 Å². The van der Waals surface area contributed by atoms with Crippen LogP contribution in [0.4, 0.5) is 0 Å². The standard InChI is InChI=1S/C17H29NO/c1-7-19-15-10-8-9-14(11-15)12-18-17(5,6)13-16(2,3)4/h8-11,18H,7,12-13H2,1-6H3/p+1. The van der Waals surface area contributed by atoms with E-state index in [-0.39, 0.29) is 5.54 Å². The quantitative estimate of drug-likeness (QED) is 0.837. The topological polar surface area (TPSA) is 25.8 Å². The fraction of sp³-hybridized carbons (Fsp3) is 0.647. The molecule has 0 aliphatic rings. The number of benzene rings is 1. The predicted molar refractivity (Wildman–Crippen MR) is 81.4 cm³/mol. The van der Waals surface area contributed by atoms with Gasteiger partial charge in [0.1, 0.15) is 12.3 Å². The maximum atomic E-state index is 5.55. The van der Waals surface area contributed by atoms with Crippen LogP contribution in [0.1, 0.15) is 53.5 Å². The zero-order chi connectivity index (χ0) is 14.5. The van der Waals surface area contributed by atoms with E-state index in [0.29, 0.717) is 5.41 Å². The van der Waals surface area contributed by atoms with Crippen molar-refractivity contribution in [3.05, 3.63) is 29.8 Å². The van der Waals surface area contributed by atoms with Gasteiger partial charge in [-0.15, -0.1) is 0 Å². The van der Waals surface area contributed by atoms with Crippen LogP contribution in [0.3, 0.4) is 0 Å². The van der Waals surface area contributed by atoms with E-state index in [0.717, 1.165) is 18.9 Å². The Bertz CT molecular complexity index is 390. The third-order valence-corrected chi connectivity index (χ3v) is 3.09. The SMILES string of the molecule is CCOc1cccc(C[NH2+]C(C)(C)CC(C)(C)C)c1. The van der Waals surface area contributed by atoms with Crippen molar-refractivity contribution >= 4 is 0 Å². The molecule has 0 aliphatic heterocycles. The maximum absolute atomic E-state index is 5.55. The highest BCUT2D eigenvalue weighted by Gasteiger charge is 2.28. The van der Waals surface area contributed by atoms with Crippen molar-refractivity contribution in [2.24, 2.45) is 5.41 Å². The van der Waals surface area contributed by atoms with E-state index in [1.165, 1.54) is 12.0 Å². The Morgan fingerprint density at radius 3 is 2.37 bits per heavy atom. The van der Waals surface area contributed by atoms with Crippen molar-refractivity contribution in [2.75, 3.05) is 6.61 Å². The largest absolute Gasteiger partial charge is 0.494 e. The average molecular weight is 264 g/mol. The monoisotopic (exact) mass is 264 g/mol. The minimum absolute atomic E-state index is 0.264. The molecule has 0 aliphatic carbocycles. The molecule has 0 heterocycles. The average Bonchev–Trinajstić information content (AvgIpc) is 2.24. The van der Waals surface area contributed by atoms with Gasteiger partial charge >= 0.3 is 0 Å². The van der Waals surface area contributed by atoms with Gasteiger partial charge in [-0.2, -0.15) is 0 Å². The Kier molecular flexibility index (Phi) is 5.42. The summed E-state index contributed by atoms with van der Waals surface area (Å²) < 4.78 is 5.55. The maximum Gasteiger partial charge on any atom is 0.119 e. The minimum Gasteiger partial charge on any atom is -0.494 e. The zero-order valence-electron chi connectivity index (χ0n) is 13.4. The Morgan fingerprint density at radius 2 is 1.79 bits per heavy atom. The van der Waals surface area contributed by atoms with Crippen molar-refractivity contribution in [2.45, 2.75) is 60.0 Å². The first kappa shape index (κ1) is 16.0. The van der Waals surface area contributed by atoms with E-state index in [4.69, 9.17) is 4.74 Å². The Balaban J connectivity index is 2.58. The number of nitrogens with two attached hydrogens (primary N) is 1. The predicted octanol–water partition coefficient (Wildman–Crippen LogP) is 3.36. The van der Waals surface area contributed by atoms with Gasteiger partial charge in [-0.05, 0) is 38.3 Å². The van der Waals surface area contributed by atoms with Crippen LogP contribution in [0, 0.1) is 5.41 Å². The Labute approximate surface area is 118 Å². The van der Waals surface area contributed by atoms with Crippen LogP contribution in [0.5, 0.6) is 5.75 Å². The fourth-order valence-corrected chi connectivity index (χ4v) is 2.76. The van der Waals surface area contributed by atoms with Crippen LogP contribution in [0.2, 0.25) is 0 Å². The smallest absolute Gasteiger partial charge is 0.119 e. The lowest BCUT2D eigenvalue weighted by Crippen LogP contribution is -2.94. The lowest BCUT2D eigenvalue weighted by molar-refractivity contribution is -0.737. The molecule has 0 fully saturated rings. The second kappa shape index (κ2) is 6.42. The number of rotatable bonds is 6. The summed E-state index contributed by atoms with van der Waals surface area (Å²) in [6.45, 7) is 15.3. The van der Waals surface area contributed by atoms with Crippen LogP contribution in [-0.2, 0) is 6.54 Å². The van der Waals surface area contributed by atoms with E-state index in [2.05, 4.69) is 58.1 Å². The number of hydrogen-bond donors (Lipinski definition) is 1. The van der Waals surface area contributed by atoms with Crippen molar-refractivity contribution in [1.82, 2.24) is 0 Å². The molecule has 0 unspecified atom stereocenters. The summed E-state index contributed by atoms with van der Waals surface area (Å²) in [5.74, 6) is 0.974. The summed E-state index contributed by atoms with van der Waals surface area (Å²) in [4.78, 5) is 0. The molecule has 0 saturated carbocycles. The lowest BCUT2D eigenvalue weighted by Gasteiger charge is -2.30. The first-order valence-corrected chi connectivity index (χ1v) is 7.28. The number of ether oxygens (including phenoxy) is 1. The second-order valence-corrected chi connectivity index (χ2v) is 7.21. The van der Waals surface area contributed by atoms with Crippen LogP contribution < -0.4 is 10.1 Å². The highest BCUT2D eigenvalue weighted by molar-refractivity contribution is 5.27.